The van der Waals surface area contributed by atoms with E-state index in [-0.39, 0.29) is 24.9 Å². The van der Waals surface area contributed by atoms with Gasteiger partial charge in [0, 0.05) is 19.2 Å². The van der Waals surface area contributed by atoms with Gasteiger partial charge in [0.1, 0.15) is 5.75 Å². The average Bonchev–Trinajstić information content (AvgIpc) is 2.93. The Labute approximate surface area is 129 Å². The summed E-state index contributed by atoms with van der Waals surface area (Å²) in [4.78, 5) is 14.3. The van der Waals surface area contributed by atoms with E-state index >= 15 is 0 Å². The van der Waals surface area contributed by atoms with Gasteiger partial charge in [0.05, 0.1) is 12.2 Å². The number of benzene rings is 1. The van der Waals surface area contributed by atoms with E-state index in [0.717, 1.165) is 0 Å². The van der Waals surface area contributed by atoms with Gasteiger partial charge in [0.25, 0.3) is 5.91 Å². The van der Waals surface area contributed by atoms with Crippen molar-refractivity contribution in [3.8, 4) is 17.2 Å². The zero-order chi connectivity index (χ0) is 15.7. The fourth-order valence-corrected chi connectivity index (χ4v) is 2.82. The minimum atomic E-state index is -0.558. The molecule has 0 N–H and O–H groups in total. The molecular weight excluding hydrogens is 286 g/mol. The standard InChI is InChI=1S/C16H21NO5/c1-10-7-17(8-11(2)21-10)16(18)12(3)22-13-4-5-14-15(6-13)20-9-19-14/h4-6,10-12H,7-9H2,1-3H3. The first-order valence-corrected chi connectivity index (χ1v) is 7.53. The van der Waals surface area contributed by atoms with Crippen molar-refractivity contribution in [2.45, 2.75) is 39.1 Å². The van der Waals surface area contributed by atoms with Crippen molar-refractivity contribution in [3.05, 3.63) is 18.2 Å². The third-order valence-corrected chi connectivity index (χ3v) is 3.74. The molecule has 0 bridgehead atoms. The number of amides is 1. The van der Waals surface area contributed by atoms with Crippen LogP contribution in [0, 0.1) is 0 Å². The number of carbonyl (C=O) groups is 1. The van der Waals surface area contributed by atoms with Gasteiger partial charge >= 0.3 is 0 Å². The van der Waals surface area contributed by atoms with Crippen LogP contribution in [0.1, 0.15) is 20.8 Å². The highest BCUT2D eigenvalue weighted by Gasteiger charge is 2.29. The molecule has 22 heavy (non-hydrogen) atoms. The molecule has 6 heteroatoms. The zero-order valence-corrected chi connectivity index (χ0v) is 13.1. The minimum absolute atomic E-state index is 0.0281. The van der Waals surface area contributed by atoms with Gasteiger partial charge < -0.3 is 23.8 Å². The zero-order valence-electron chi connectivity index (χ0n) is 13.1. The molecule has 0 radical (unpaired) electrons. The monoisotopic (exact) mass is 307 g/mol. The second kappa shape index (κ2) is 6.04. The van der Waals surface area contributed by atoms with E-state index in [2.05, 4.69) is 0 Å². The molecule has 2 aliphatic rings. The number of fused-ring (bicyclic) bond motifs is 1. The van der Waals surface area contributed by atoms with Crippen LogP contribution in [0.3, 0.4) is 0 Å². The first kappa shape index (κ1) is 15.0. The molecule has 1 amide bonds. The molecule has 3 unspecified atom stereocenters. The maximum Gasteiger partial charge on any atom is 0.263 e. The number of hydrogen-bond donors (Lipinski definition) is 0. The molecule has 6 nitrogen and oxygen atoms in total. The van der Waals surface area contributed by atoms with Crippen molar-refractivity contribution in [3.63, 3.8) is 0 Å². The Bertz CT molecular complexity index is 551. The largest absolute Gasteiger partial charge is 0.481 e. The van der Waals surface area contributed by atoms with Crippen LogP contribution in [0.5, 0.6) is 17.2 Å². The van der Waals surface area contributed by atoms with Gasteiger partial charge in [-0.05, 0) is 32.9 Å². The van der Waals surface area contributed by atoms with Crippen molar-refractivity contribution in [2.24, 2.45) is 0 Å². The first-order chi connectivity index (χ1) is 10.5. The predicted molar refractivity (Wildman–Crippen MR) is 79.2 cm³/mol. The molecular formula is C16H21NO5. The van der Waals surface area contributed by atoms with Crippen LogP contribution in [0.4, 0.5) is 0 Å². The SMILES string of the molecule is CC1CN(C(=O)C(C)Oc2ccc3c(c2)OCO3)CC(C)O1. The second-order valence-corrected chi connectivity index (χ2v) is 5.78. The van der Waals surface area contributed by atoms with Crippen LogP contribution in [0.2, 0.25) is 0 Å². The van der Waals surface area contributed by atoms with Crippen molar-refractivity contribution >= 4 is 5.91 Å². The number of carbonyl (C=O) groups excluding carboxylic acids is 1. The molecule has 1 saturated heterocycles. The number of rotatable bonds is 3. The quantitative estimate of drug-likeness (QED) is 0.852. The normalized spacial score (nSPS) is 25.0. The van der Waals surface area contributed by atoms with Gasteiger partial charge in [-0.25, -0.2) is 0 Å². The molecule has 2 aliphatic heterocycles. The smallest absolute Gasteiger partial charge is 0.263 e. The number of morpholine rings is 1. The number of ether oxygens (including phenoxy) is 4. The topological polar surface area (TPSA) is 57.2 Å². The van der Waals surface area contributed by atoms with Crippen molar-refractivity contribution in [1.29, 1.82) is 0 Å². The lowest BCUT2D eigenvalue weighted by molar-refractivity contribution is -0.149. The molecule has 3 atom stereocenters. The molecule has 1 fully saturated rings. The third kappa shape index (κ3) is 3.11. The Kier molecular flexibility index (Phi) is 4.11. The Morgan fingerprint density at radius 3 is 2.64 bits per heavy atom. The van der Waals surface area contributed by atoms with E-state index in [9.17, 15) is 4.79 Å². The third-order valence-electron chi connectivity index (χ3n) is 3.74. The number of nitrogens with zero attached hydrogens (tertiary/aromatic N) is 1. The van der Waals surface area contributed by atoms with Crippen LogP contribution in [-0.2, 0) is 9.53 Å². The van der Waals surface area contributed by atoms with E-state index in [4.69, 9.17) is 18.9 Å². The van der Waals surface area contributed by atoms with Gasteiger partial charge in [-0.2, -0.15) is 0 Å². The van der Waals surface area contributed by atoms with Crippen LogP contribution >= 0.6 is 0 Å². The van der Waals surface area contributed by atoms with Crippen LogP contribution in [0.25, 0.3) is 0 Å². The molecule has 1 aromatic carbocycles. The van der Waals surface area contributed by atoms with Gasteiger partial charge in [-0.1, -0.05) is 0 Å². The summed E-state index contributed by atoms with van der Waals surface area (Å²) in [7, 11) is 0. The van der Waals surface area contributed by atoms with Gasteiger partial charge in [0.2, 0.25) is 6.79 Å². The Morgan fingerprint density at radius 1 is 1.23 bits per heavy atom. The molecule has 0 spiro atoms. The summed E-state index contributed by atoms with van der Waals surface area (Å²) in [6.07, 6.45) is -0.464. The lowest BCUT2D eigenvalue weighted by atomic mass is 10.2. The van der Waals surface area contributed by atoms with Crippen LogP contribution in [-0.4, -0.2) is 49.0 Å². The fraction of sp³-hybridized carbons (Fsp3) is 0.562. The highest BCUT2D eigenvalue weighted by Crippen LogP contribution is 2.35. The highest BCUT2D eigenvalue weighted by atomic mass is 16.7. The van der Waals surface area contributed by atoms with Crippen molar-refractivity contribution in [2.75, 3.05) is 19.9 Å². The van der Waals surface area contributed by atoms with E-state index in [1.54, 1.807) is 30.0 Å². The van der Waals surface area contributed by atoms with Gasteiger partial charge in [-0.15, -0.1) is 0 Å². The molecule has 120 valence electrons. The molecule has 2 heterocycles. The lowest BCUT2D eigenvalue weighted by Gasteiger charge is -2.36. The van der Waals surface area contributed by atoms with Crippen LogP contribution in [0.15, 0.2) is 18.2 Å². The summed E-state index contributed by atoms with van der Waals surface area (Å²) in [5.41, 5.74) is 0. The van der Waals surface area contributed by atoms with E-state index in [1.807, 2.05) is 13.8 Å². The highest BCUT2D eigenvalue weighted by molar-refractivity contribution is 5.81. The van der Waals surface area contributed by atoms with Gasteiger partial charge in [-0.3, -0.25) is 4.79 Å². The maximum absolute atomic E-state index is 12.5. The molecule has 1 aromatic rings. The van der Waals surface area contributed by atoms with Crippen molar-refractivity contribution in [1.82, 2.24) is 4.90 Å². The molecule has 3 rings (SSSR count). The van der Waals surface area contributed by atoms with Gasteiger partial charge in [0.15, 0.2) is 17.6 Å². The lowest BCUT2D eigenvalue weighted by Crippen LogP contribution is -2.51. The predicted octanol–water partition coefficient (Wildman–Crippen LogP) is 1.82. The molecule has 0 saturated carbocycles. The summed E-state index contributed by atoms with van der Waals surface area (Å²) in [6.45, 7) is 7.11. The minimum Gasteiger partial charge on any atom is -0.481 e. The maximum atomic E-state index is 12.5. The second-order valence-electron chi connectivity index (χ2n) is 5.78. The average molecular weight is 307 g/mol. The Morgan fingerprint density at radius 2 is 1.91 bits per heavy atom. The van der Waals surface area contributed by atoms with E-state index < -0.39 is 6.10 Å². The molecule has 0 aromatic heterocycles. The summed E-state index contributed by atoms with van der Waals surface area (Å²) in [6, 6.07) is 5.31. The summed E-state index contributed by atoms with van der Waals surface area (Å²) < 4.78 is 22.0. The summed E-state index contributed by atoms with van der Waals surface area (Å²) in [5, 5.41) is 0. The Balaban J connectivity index is 1.63. The van der Waals surface area contributed by atoms with E-state index in [1.165, 1.54) is 0 Å². The van der Waals surface area contributed by atoms with E-state index in [0.29, 0.717) is 30.3 Å². The first-order valence-electron chi connectivity index (χ1n) is 7.53. The summed E-state index contributed by atoms with van der Waals surface area (Å²) >= 11 is 0. The number of hydrogen-bond acceptors (Lipinski definition) is 5. The molecule has 0 aliphatic carbocycles. The Hall–Kier alpha value is -1.95. The fourth-order valence-electron chi connectivity index (χ4n) is 2.82. The van der Waals surface area contributed by atoms with Crippen LogP contribution < -0.4 is 14.2 Å². The summed E-state index contributed by atoms with van der Waals surface area (Å²) in [5.74, 6) is 1.91. The van der Waals surface area contributed by atoms with Crippen molar-refractivity contribution < 1.29 is 23.7 Å².